The number of hydrogen-bond donors (Lipinski definition) is 1. The maximum atomic E-state index is 10.2. The van der Waals surface area contributed by atoms with Crippen LogP contribution in [0.4, 0.5) is 11.4 Å². The highest BCUT2D eigenvalue weighted by molar-refractivity contribution is 5.44. The van der Waals surface area contributed by atoms with Crippen molar-refractivity contribution in [1.82, 2.24) is 0 Å². The Labute approximate surface area is 106 Å². The van der Waals surface area contributed by atoms with E-state index >= 15 is 0 Å². The third-order valence-corrected chi connectivity index (χ3v) is 2.50. The second-order valence-electron chi connectivity index (χ2n) is 3.90. The Hall–Kier alpha value is -2.36. The highest BCUT2D eigenvalue weighted by atomic mass is 16.6. The summed E-state index contributed by atoms with van der Waals surface area (Å²) in [6.45, 7) is 3.72. The minimum Gasteiger partial charge on any atom is -0.399 e. The lowest BCUT2D eigenvalue weighted by Gasteiger charge is -1.93. The van der Waals surface area contributed by atoms with Gasteiger partial charge in [-0.25, -0.2) is 0 Å². The van der Waals surface area contributed by atoms with E-state index < -0.39 is 0 Å². The van der Waals surface area contributed by atoms with Gasteiger partial charge in [0.2, 0.25) is 0 Å². The van der Waals surface area contributed by atoms with Gasteiger partial charge < -0.3 is 5.73 Å². The van der Waals surface area contributed by atoms with Crippen LogP contribution in [-0.4, -0.2) is 4.92 Å². The summed E-state index contributed by atoms with van der Waals surface area (Å²) in [5, 5.41) is 10.2. The van der Waals surface area contributed by atoms with Gasteiger partial charge in [-0.05, 0) is 25.5 Å². The third kappa shape index (κ3) is 3.90. The Morgan fingerprint density at radius 3 is 1.78 bits per heavy atom. The van der Waals surface area contributed by atoms with Crippen molar-refractivity contribution in [2.24, 2.45) is 0 Å². The molecule has 0 saturated heterocycles. The molecule has 0 fully saturated rings. The molecule has 0 aromatic heterocycles. The average molecular weight is 244 g/mol. The summed E-state index contributed by atoms with van der Waals surface area (Å²) >= 11 is 0. The van der Waals surface area contributed by atoms with Crippen molar-refractivity contribution in [2.45, 2.75) is 13.8 Å². The second-order valence-corrected chi connectivity index (χ2v) is 3.90. The molecule has 2 aromatic carbocycles. The first-order valence-corrected chi connectivity index (χ1v) is 5.53. The van der Waals surface area contributed by atoms with E-state index in [0.717, 1.165) is 11.3 Å². The second kappa shape index (κ2) is 6.39. The summed E-state index contributed by atoms with van der Waals surface area (Å²) < 4.78 is 0. The van der Waals surface area contributed by atoms with Crippen LogP contribution in [0.25, 0.3) is 0 Å². The number of rotatable bonds is 1. The summed E-state index contributed by atoms with van der Waals surface area (Å²) in [7, 11) is 0. The van der Waals surface area contributed by atoms with Crippen molar-refractivity contribution in [2.75, 3.05) is 5.73 Å². The summed E-state index contributed by atoms with van der Waals surface area (Å²) in [5.41, 5.74) is 8.42. The first kappa shape index (κ1) is 13.7. The third-order valence-electron chi connectivity index (χ3n) is 2.50. The van der Waals surface area contributed by atoms with Crippen molar-refractivity contribution < 1.29 is 4.92 Å². The highest BCUT2D eigenvalue weighted by Crippen LogP contribution is 2.14. The van der Waals surface area contributed by atoms with Crippen LogP contribution in [0.15, 0.2) is 48.5 Å². The smallest absolute Gasteiger partial charge is 0.272 e. The minimum absolute atomic E-state index is 0.183. The lowest BCUT2D eigenvalue weighted by Crippen LogP contribution is -1.89. The van der Waals surface area contributed by atoms with Crippen molar-refractivity contribution in [3.63, 3.8) is 0 Å². The molecule has 0 aliphatic heterocycles. The molecule has 0 atom stereocenters. The predicted octanol–water partition coefficient (Wildman–Crippen LogP) is 3.48. The van der Waals surface area contributed by atoms with Crippen LogP contribution in [-0.2, 0) is 0 Å². The van der Waals surface area contributed by atoms with Crippen molar-refractivity contribution in [1.29, 1.82) is 0 Å². The molecule has 2 rings (SSSR count). The van der Waals surface area contributed by atoms with E-state index in [-0.39, 0.29) is 10.6 Å². The number of nitrogens with zero attached hydrogens (tertiary/aromatic N) is 1. The summed E-state index contributed by atoms with van der Waals surface area (Å²) in [6.07, 6.45) is 0. The van der Waals surface area contributed by atoms with E-state index in [2.05, 4.69) is 0 Å². The molecular weight excluding hydrogens is 228 g/mol. The quantitative estimate of drug-likeness (QED) is 0.474. The van der Waals surface area contributed by atoms with Gasteiger partial charge in [-0.2, -0.15) is 0 Å². The van der Waals surface area contributed by atoms with Crippen molar-refractivity contribution >= 4 is 11.4 Å². The summed E-state index contributed by atoms with van der Waals surface area (Å²) in [4.78, 5) is 9.85. The van der Waals surface area contributed by atoms with Gasteiger partial charge in [-0.15, -0.1) is 0 Å². The van der Waals surface area contributed by atoms with Gasteiger partial charge in [0.25, 0.3) is 5.69 Å². The van der Waals surface area contributed by atoms with E-state index in [9.17, 15) is 10.1 Å². The fraction of sp³-hybridized carbons (Fsp3) is 0.143. The van der Waals surface area contributed by atoms with Gasteiger partial charge in [-0.1, -0.05) is 36.4 Å². The zero-order valence-electron chi connectivity index (χ0n) is 10.5. The molecule has 0 bridgehead atoms. The molecule has 2 aromatic rings. The summed E-state index contributed by atoms with van der Waals surface area (Å²) in [5.74, 6) is 0. The van der Waals surface area contributed by atoms with Crippen LogP contribution < -0.4 is 5.73 Å². The Kier molecular flexibility index (Phi) is 4.87. The first-order chi connectivity index (χ1) is 8.52. The Morgan fingerprint density at radius 2 is 1.44 bits per heavy atom. The fourth-order valence-corrected chi connectivity index (χ4v) is 1.36. The van der Waals surface area contributed by atoms with Gasteiger partial charge in [0.1, 0.15) is 0 Å². The highest BCUT2D eigenvalue weighted by Gasteiger charge is 2.05. The normalized spacial score (nSPS) is 9.22. The monoisotopic (exact) mass is 244 g/mol. The maximum Gasteiger partial charge on any atom is 0.272 e. The molecule has 18 heavy (non-hydrogen) atoms. The van der Waals surface area contributed by atoms with E-state index in [1.165, 1.54) is 6.07 Å². The standard InChI is InChI=1S/C7H7NO2.C7H9N/c1-6-4-2-3-5-7(6)8(9)10;1-6-4-2-3-5-7(6)8/h2-5H,1H3;2-5H,8H2,1H3. The molecule has 0 aliphatic carbocycles. The zero-order chi connectivity index (χ0) is 13.5. The lowest BCUT2D eigenvalue weighted by atomic mass is 10.2. The number of nitrogens with two attached hydrogens (primary N) is 1. The number of nitrogen functional groups attached to an aromatic ring is 1. The Bertz CT molecular complexity index is 518. The van der Waals surface area contributed by atoms with Gasteiger partial charge in [0, 0.05) is 17.3 Å². The van der Waals surface area contributed by atoms with Crippen molar-refractivity contribution in [3.05, 3.63) is 69.8 Å². The number of para-hydroxylation sites is 2. The van der Waals surface area contributed by atoms with Crippen LogP contribution in [0.1, 0.15) is 11.1 Å². The molecular formula is C14H16N2O2. The fourth-order valence-electron chi connectivity index (χ4n) is 1.36. The maximum absolute atomic E-state index is 10.2. The average Bonchev–Trinajstić information content (AvgIpc) is 2.34. The molecule has 2 N–H and O–H groups in total. The first-order valence-electron chi connectivity index (χ1n) is 5.53. The lowest BCUT2D eigenvalue weighted by molar-refractivity contribution is -0.385. The molecule has 0 unspecified atom stereocenters. The van der Waals surface area contributed by atoms with E-state index in [1.807, 2.05) is 31.2 Å². The van der Waals surface area contributed by atoms with E-state index in [0.29, 0.717) is 5.56 Å². The van der Waals surface area contributed by atoms with E-state index in [1.54, 1.807) is 25.1 Å². The number of nitro groups is 1. The topological polar surface area (TPSA) is 69.2 Å². The van der Waals surface area contributed by atoms with Crippen LogP contribution >= 0.6 is 0 Å². The minimum atomic E-state index is -0.380. The van der Waals surface area contributed by atoms with Crippen LogP contribution in [0, 0.1) is 24.0 Å². The molecule has 0 spiro atoms. The number of hydrogen-bond acceptors (Lipinski definition) is 3. The number of anilines is 1. The Balaban J connectivity index is 0.000000184. The van der Waals surface area contributed by atoms with Crippen LogP contribution in [0.2, 0.25) is 0 Å². The zero-order valence-corrected chi connectivity index (χ0v) is 10.5. The van der Waals surface area contributed by atoms with Gasteiger partial charge >= 0.3 is 0 Å². The molecule has 0 radical (unpaired) electrons. The van der Waals surface area contributed by atoms with Gasteiger partial charge in [0.15, 0.2) is 0 Å². The van der Waals surface area contributed by atoms with Gasteiger partial charge in [0.05, 0.1) is 4.92 Å². The molecule has 0 saturated carbocycles. The van der Waals surface area contributed by atoms with E-state index in [4.69, 9.17) is 5.73 Å². The van der Waals surface area contributed by atoms with Crippen LogP contribution in [0.3, 0.4) is 0 Å². The predicted molar refractivity (Wildman–Crippen MR) is 73.4 cm³/mol. The molecule has 94 valence electrons. The Morgan fingerprint density at radius 1 is 0.944 bits per heavy atom. The van der Waals surface area contributed by atoms with Gasteiger partial charge in [-0.3, -0.25) is 10.1 Å². The molecule has 0 heterocycles. The number of nitro benzene ring substituents is 1. The number of benzene rings is 2. The summed E-state index contributed by atoms with van der Waals surface area (Å²) in [6, 6.07) is 14.5. The van der Waals surface area contributed by atoms with Crippen molar-refractivity contribution in [3.8, 4) is 0 Å². The molecule has 4 heteroatoms. The molecule has 4 nitrogen and oxygen atoms in total. The SMILES string of the molecule is Cc1ccccc1N.Cc1ccccc1[N+](=O)[O-]. The number of aryl methyl sites for hydroxylation is 2. The largest absolute Gasteiger partial charge is 0.399 e. The molecule has 0 amide bonds. The molecule has 0 aliphatic rings. The van der Waals surface area contributed by atoms with Crippen LogP contribution in [0.5, 0.6) is 0 Å².